The number of amides is 1. The number of H-pyrrole nitrogens is 1. The van der Waals surface area contributed by atoms with Crippen LogP contribution in [0, 0.1) is 11.2 Å². The van der Waals surface area contributed by atoms with Crippen molar-refractivity contribution in [3.05, 3.63) is 78.3 Å². The van der Waals surface area contributed by atoms with E-state index in [0.29, 0.717) is 60.7 Å². The summed E-state index contributed by atoms with van der Waals surface area (Å²) in [5, 5.41) is 6.04. The van der Waals surface area contributed by atoms with Crippen molar-refractivity contribution in [1.29, 1.82) is 0 Å². The molecule has 0 spiro atoms. The van der Waals surface area contributed by atoms with Gasteiger partial charge in [-0.05, 0) is 48.0 Å². The summed E-state index contributed by atoms with van der Waals surface area (Å²) in [7, 11) is 0. The Hall–Kier alpha value is -4.22. The Kier molecular flexibility index (Phi) is 7.38. The summed E-state index contributed by atoms with van der Waals surface area (Å²) in [5.41, 5.74) is 3.19. The smallest absolute Gasteiger partial charge is 0.223 e. The summed E-state index contributed by atoms with van der Waals surface area (Å²) in [5.74, 6) is 0.464. The van der Waals surface area contributed by atoms with Crippen LogP contribution in [-0.2, 0) is 20.8 Å². The molecule has 1 amide bonds. The molecule has 4 aromatic rings. The van der Waals surface area contributed by atoms with Crippen LogP contribution in [0.2, 0.25) is 0 Å². The topological polar surface area (TPSA) is 127 Å². The monoisotopic (exact) mass is 517 g/mol. The normalized spacial score (nSPS) is 19.2. The second kappa shape index (κ2) is 11.0. The molecule has 0 aliphatic carbocycles. The second-order valence-electron chi connectivity index (χ2n) is 9.50. The lowest BCUT2D eigenvalue weighted by atomic mass is 9.92. The molecule has 5 rings (SSSR count). The number of hydrogen-bond acceptors (Lipinski definition) is 8. The Morgan fingerprint density at radius 3 is 2.53 bits per heavy atom. The summed E-state index contributed by atoms with van der Waals surface area (Å²) in [6.07, 6.45) is 4.38. The summed E-state index contributed by atoms with van der Waals surface area (Å²) in [4.78, 5) is 32.5. The maximum Gasteiger partial charge on any atom is 0.223 e. The van der Waals surface area contributed by atoms with Crippen LogP contribution in [0.4, 0.5) is 10.3 Å². The molecule has 3 N–H and O–H groups in total. The van der Waals surface area contributed by atoms with Crippen LogP contribution in [0.25, 0.3) is 22.6 Å². The standard InChI is InChI=1S/C27H28FN7O3/c1-17(36)32-14-27(2)15-37-25(38-16-27)24-34-22(19-3-5-20(28)6-4-19)23(35-24)21-9-12-30-26(33-21)31-13-18-7-10-29-11-8-18/h3-12,25H,13-16H2,1-2H3,(H,32,36)(H,34,35)(H,30,31,33). The quantitative estimate of drug-likeness (QED) is 0.322. The van der Waals surface area contributed by atoms with E-state index in [1.165, 1.54) is 19.1 Å². The number of carbonyl (C=O) groups is 1. The summed E-state index contributed by atoms with van der Waals surface area (Å²) in [6.45, 7) is 5.18. The van der Waals surface area contributed by atoms with E-state index in [9.17, 15) is 9.18 Å². The molecule has 1 fully saturated rings. The number of hydrogen-bond donors (Lipinski definition) is 3. The molecule has 0 radical (unpaired) electrons. The van der Waals surface area contributed by atoms with Crippen molar-refractivity contribution in [2.24, 2.45) is 5.41 Å². The molecular weight excluding hydrogens is 489 g/mol. The Labute approximate surface area is 219 Å². The lowest BCUT2D eigenvalue weighted by molar-refractivity contribution is -0.232. The number of imidazole rings is 1. The predicted octanol–water partition coefficient (Wildman–Crippen LogP) is 3.87. The molecule has 38 heavy (non-hydrogen) atoms. The van der Waals surface area contributed by atoms with Gasteiger partial charge in [-0.25, -0.2) is 19.3 Å². The van der Waals surface area contributed by atoms with Crippen molar-refractivity contribution < 1.29 is 18.7 Å². The van der Waals surface area contributed by atoms with Crippen LogP contribution in [0.3, 0.4) is 0 Å². The molecule has 0 unspecified atom stereocenters. The number of halogens is 1. The van der Waals surface area contributed by atoms with Crippen molar-refractivity contribution in [2.75, 3.05) is 25.1 Å². The summed E-state index contributed by atoms with van der Waals surface area (Å²) >= 11 is 0. The van der Waals surface area contributed by atoms with E-state index in [1.807, 2.05) is 19.1 Å². The largest absolute Gasteiger partial charge is 0.356 e. The zero-order valence-electron chi connectivity index (χ0n) is 21.1. The average molecular weight is 518 g/mol. The van der Waals surface area contributed by atoms with E-state index >= 15 is 0 Å². The Balaban J connectivity index is 1.41. The molecule has 0 bridgehead atoms. The third-order valence-electron chi connectivity index (χ3n) is 6.11. The van der Waals surface area contributed by atoms with Crippen molar-refractivity contribution in [1.82, 2.24) is 30.2 Å². The first-order chi connectivity index (χ1) is 18.4. The maximum absolute atomic E-state index is 13.7. The van der Waals surface area contributed by atoms with Gasteiger partial charge < -0.3 is 25.1 Å². The number of rotatable bonds is 8. The van der Waals surface area contributed by atoms with Crippen LogP contribution in [0.5, 0.6) is 0 Å². The number of aromatic amines is 1. The van der Waals surface area contributed by atoms with Gasteiger partial charge >= 0.3 is 0 Å². The number of nitrogens with zero attached hydrogens (tertiary/aromatic N) is 4. The molecule has 1 aliphatic heterocycles. The number of nitrogens with one attached hydrogen (secondary N) is 3. The zero-order valence-corrected chi connectivity index (χ0v) is 21.1. The van der Waals surface area contributed by atoms with Crippen molar-refractivity contribution in [2.45, 2.75) is 26.7 Å². The lowest BCUT2D eigenvalue weighted by Gasteiger charge is -2.36. The zero-order chi connectivity index (χ0) is 26.5. The summed E-state index contributed by atoms with van der Waals surface area (Å²) in [6, 6.07) is 11.7. The Morgan fingerprint density at radius 1 is 1.08 bits per heavy atom. The number of aromatic nitrogens is 5. The predicted molar refractivity (Wildman–Crippen MR) is 138 cm³/mol. The summed E-state index contributed by atoms with van der Waals surface area (Å²) < 4.78 is 25.7. The van der Waals surface area contributed by atoms with Gasteiger partial charge in [-0.3, -0.25) is 9.78 Å². The van der Waals surface area contributed by atoms with Crippen LogP contribution in [0.1, 0.15) is 31.5 Å². The van der Waals surface area contributed by atoms with Crippen LogP contribution < -0.4 is 10.6 Å². The first kappa shape index (κ1) is 25.4. The number of ether oxygens (including phenoxy) is 2. The lowest BCUT2D eigenvalue weighted by Crippen LogP contribution is -2.45. The Bertz CT molecular complexity index is 1390. The van der Waals surface area contributed by atoms with Gasteiger partial charge in [-0.1, -0.05) is 6.92 Å². The SMILES string of the molecule is CC(=O)NCC1(C)COC(c2nc(-c3ccc(F)cc3)c(-c3ccnc(NCc4ccncc4)n3)[nH]2)OC1. The van der Waals surface area contributed by atoms with E-state index in [-0.39, 0.29) is 17.1 Å². The van der Waals surface area contributed by atoms with Gasteiger partial charge in [0.1, 0.15) is 5.82 Å². The van der Waals surface area contributed by atoms with E-state index in [1.54, 1.807) is 36.8 Å². The maximum atomic E-state index is 13.7. The molecule has 0 saturated carbocycles. The molecule has 196 valence electrons. The van der Waals surface area contributed by atoms with Crippen molar-refractivity contribution >= 4 is 11.9 Å². The molecule has 1 saturated heterocycles. The Morgan fingerprint density at radius 2 is 1.82 bits per heavy atom. The minimum absolute atomic E-state index is 0.104. The van der Waals surface area contributed by atoms with Gasteiger partial charge in [-0.15, -0.1) is 0 Å². The van der Waals surface area contributed by atoms with Crippen molar-refractivity contribution in [3.8, 4) is 22.6 Å². The molecular formula is C27H28FN7O3. The average Bonchev–Trinajstić information content (AvgIpc) is 3.38. The number of pyridine rings is 1. The third-order valence-corrected chi connectivity index (χ3v) is 6.11. The fraction of sp³-hybridized carbons (Fsp3) is 0.296. The van der Waals surface area contributed by atoms with Gasteiger partial charge in [0, 0.05) is 49.6 Å². The molecule has 4 heterocycles. The number of anilines is 1. The number of carbonyl (C=O) groups excluding carboxylic acids is 1. The van der Waals surface area contributed by atoms with E-state index in [2.05, 4.69) is 30.6 Å². The molecule has 11 heteroatoms. The highest BCUT2D eigenvalue weighted by Gasteiger charge is 2.35. The van der Waals surface area contributed by atoms with Crippen LogP contribution in [0.15, 0.2) is 61.1 Å². The molecule has 1 aromatic carbocycles. The highest BCUT2D eigenvalue weighted by atomic mass is 19.1. The van der Waals surface area contributed by atoms with E-state index in [4.69, 9.17) is 14.5 Å². The highest BCUT2D eigenvalue weighted by molar-refractivity contribution is 5.77. The van der Waals surface area contributed by atoms with Crippen LogP contribution >= 0.6 is 0 Å². The van der Waals surface area contributed by atoms with Crippen LogP contribution in [-0.4, -0.2) is 50.6 Å². The fourth-order valence-corrected chi connectivity index (χ4v) is 4.01. The first-order valence-electron chi connectivity index (χ1n) is 12.2. The molecule has 0 atom stereocenters. The number of benzene rings is 1. The van der Waals surface area contributed by atoms with E-state index < -0.39 is 6.29 Å². The van der Waals surface area contributed by atoms with E-state index in [0.717, 1.165) is 5.56 Å². The molecule has 1 aliphatic rings. The van der Waals surface area contributed by atoms with Crippen molar-refractivity contribution in [3.63, 3.8) is 0 Å². The molecule has 10 nitrogen and oxygen atoms in total. The molecule has 3 aromatic heterocycles. The second-order valence-corrected chi connectivity index (χ2v) is 9.50. The van der Waals surface area contributed by atoms with Gasteiger partial charge in [0.05, 0.1) is 30.3 Å². The highest BCUT2D eigenvalue weighted by Crippen LogP contribution is 2.35. The van der Waals surface area contributed by atoms with Gasteiger partial charge in [0.2, 0.25) is 18.1 Å². The first-order valence-corrected chi connectivity index (χ1v) is 12.2. The van der Waals surface area contributed by atoms with Gasteiger partial charge in [-0.2, -0.15) is 0 Å². The minimum Gasteiger partial charge on any atom is -0.356 e. The van der Waals surface area contributed by atoms with Gasteiger partial charge in [0.15, 0.2) is 5.82 Å². The fourth-order valence-electron chi connectivity index (χ4n) is 4.01. The third kappa shape index (κ3) is 6.01. The van der Waals surface area contributed by atoms with Gasteiger partial charge in [0.25, 0.3) is 0 Å². The minimum atomic E-state index is -0.737.